The van der Waals surface area contributed by atoms with Crippen molar-refractivity contribution in [2.45, 2.75) is 23.6 Å². The van der Waals surface area contributed by atoms with Crippen LogP contribution in [0.4, 0.5) is 11.4 Å². The molecule has 0 aliphatic carbocycles. The van der Waals surface area contributed by atoms with Gasteiger partial charge >= 0.3 is 0 Å². The van der Waals surface area contributed by atoms with Gasteiger partial charge in [0.2, 0.25) is 0 Å². The zero-order chi connectivity index (χ0) is 12.7. The van der Waals surface area contributed by atoms with Gasteiger partial charge in [0.1, 0.15) is 0 Å². The smallest absolute Gasteiger partial charge is 0.0553 e. The molecular weight excluding hydrogens is 306 g/mol. The van der Waals surface area contributed by atoms with E-state index in [1.165, 1.54) is 26.7 Å². The Hall–Kier alpha value is -0.930. The number of benzene rings is 2. The maximum absolute atomic E-state index is 3.55. The highest BCUT2D eigenvalue weighted by molar-refractivity contribution is 9.10. The molecule has 2 aromatic rings. The Kier molecular flexibility index (Phi) is 3.12. The first-order chi connectivity index (χ1) is 8.69. The molecule has 3 rings (SSSR count). The third kappa shape index (κ3) is 1.95. The van der Waals surface area contributed by atoms with Gasteiger partial charge in [-0.2, -0.15) is 0 Å². The summed E-state index contributed by atoms with van der Waals surface area (Å²) in [6.07, 6.45) is 0. The molecule has 0 fully saturated rings. The lowest BCUT2D eigenvalue weighted by atomic mass is 10.2. The molecule has 2 aromatic carbocycles. The molecule has 0 spiro atoms. The van der Waals surface area contributed by atoms with Crippen LogP contribution in [0.5, 0.6) is 0 Å². The largest absolute Gasteiger partial charge is 0.340 e. The van der Waals surface area contributed by atoms with Crippen molar-refractivity contribution in [3.8, 4) is 0 Å². The molecule has 3 heteroatoms. The van der Waals surface area contributed by atoms with Gasteiger partial charge in [0.15, 0.2) is 0 Å². The summed E-state index contributed by atoms with van der Waals surface area (Å²) < 4.78 is 1.14. The number of anilines is 2. The standard InChI is InChI=1S/C15H14BrNS/c1-3-17-12-6-4-10(2)8-14(12)18-15-9-11(16)5-7-13(15)17/h4-9H,3H2,1-2H3. The van der Waals surface area contributed by atoms with E-state index in [1.54, 1.807) is 0 Å². The van der Waals surface area contributed by atoms with E-state index in [0.717, 1.165) is 11.0 Å². The molecular formula is C15H14BrNS. The van der Waals surface area contributed by atoms with Crippen molar-refractivity contribution in [3.05, 3.63) is 46.4 Å². The maximum Gasteiger partial charge on any atom is 0.0553 e. The van der Waals surface area contributed by atoms with Crippen LogP contribution in [0, 0.1) is 6.92 Å². The second-order valence-corrected chi connectivity index (χ2v) is 6.43. The molecule has 18 heavy (non-hydrogen) atoms. The Morgan fingerprint density at radius 2 is 1.72 bits per heavy atom. The Morgan fingerprint density at radius 1 is 1.06 bits per heavy atom. The molecule has 0 N–H and O–H groups in total. The quantitative estimate of drug-likeness (QED) is 0.694. The van der Waals surface area contributed by atoms with E-state index in [1.807, 2.05) is 11.8 Å². The SMILES string of the molecule is CCN1c2ccc(C)cc2Sc2cc(Br)ccc21. The normalized spacial score (nSPS) is 13.2. The lowest BCUT2D eigenvalue weighted by Crippen LogP contribution is -2.19. The molecule has 1 heterocycles. The molecule has 0 unspecified atom stereocenters. The number of nitrogens with zero attached hydrogens (tertiary/aromatic N) is 1. The summed E-state index contributed by atoms with van der Waals surface area (Å²) in [5.41, 5.74) is 3.95. The van der Waals surface area contributed by atoms with Crippen molar-refractivity contribution in [2.75, 3.05) is 11.4 Å². The average Bonchev–Trinajstić information content (AvgIpc) is 2.35. The van der Waals surface area contributed by atoms with Crippen LogP contribution in [0.1, 0.15) is 12.5 Å². The van der Waals surface area contributed by atoms with Gasteiger partial charge in [-0.15, -0.1) is 0 Å². The van der Waals surface area contributed by atoms with Gasteiger partial charge in [-0.05, 0) is 49.7 Å². The molecule has 0 atom stereocenters. The number of halogens is 1. The van der Waals surface area contributed by atoms with Crippen LogP contribution < -0.4 is 4.90 Å². The Labute approximate surface area is 120 Å². The summed E-state index contributed by atoms with van der Waals surface area (Å²) >= 11 is 5.41. The summed E-state index contributed by atoms with van der Waals surface area (Å²) in [7, 11) is 0. The molecule has 0 amide bonds. The first-order valence-electron chi connectivity index (χ1n) is 6.04. The van der Waals surface area contributed by atoms with Gasteiger partial charge < -0.3 is 4.90 Å². The third-order valence-electron chi connectivity index (χ3n) is 3.15. The van der Waals surface area contributed by atoms with Gasteiger partial charge in [-0.3, -0.25) is 0 Å². The molecule has 0 saturated carbocycles. The van der Waals surface area contributed by atoms with E-state index in [0.29, 0.717) is 0 Å². The first kappa shape index (κ1) is 12.1. The van der Waals surface area contributed by atoms with E-state index in [4.69, 9.17) is 0 Å². The van der Waals surface area contributed by atoms with Crippen molar-refractivity contribution < 1.29 is 0 Å². The zero-order valence-electron chi connectivity index (χ0n) is 10.4. The number of hydrogen-bond donors (Lipinski definition) is 0. The summed E-state index contributed by atoms with van der Waals surface area (Å²) in [4.78, 5) is 5.05. The fraction of sp³-hybridized carbons (Fsp3) is 0.200. The number of aryl methyl sites for hydroxylation is 1. The van der Waals surface area contributed by atoms with Crippen molar-refractivity contribution in [2.24, 2.45) is 0 Å². The van der Waals surface area contributed by atoms with Crippen molar-refractivity contribution in [1.29, 1.82) is 0 Å². The minimum Gasteiger partial charge on any atom is -0.340 e. The Bertz CT molecular complexity index is 558. The van der Waals surface area contributed by atoms with Crippen LogP contribution in [0.25, 0.3) is 0 Å². The molecule has 0 radical (unpaired) electrons. The lowest BCUT2D eigenvalue weighted by molar-refractivity contribution is 0.977. The van der Waals surface area contributed by atoms with Crippen molar-refractivity contribution in [3.63, 3.8) is 0 Å². The lowest BCUT2D eigenvalue weighted by Gasteiger charge is -2.32. The Balaban J connectivity index is 2.18. The van der Waals surface area contributed by atoms with E-state index >= 15 is 0 Å². The molecule has 1 nitrogen and oxygen atoms in total. The summed E-state index contributed by atoms with van der Waals surface area (Å²) in [5.74, 6) is 0. The average molecular weight is 320 g/mol. The summed E-state index contributed by atoms with van der Waals surface area (Å²) in [6, 6.07) is 13.2. The fourth-order valence-electron chi connectivity index (χ4n) is 2.31. The highest BCUT2D eigenvalue weighted by atomic mass is 79.9. The highest BCUT2D eigenvalue weighted by Crippen LogP contribution is 2.48. The predicted molar refractivity (Wildman–Crippen MR) is 82.1 cm³/mol. The summed E-state index contributed by atoms with van der Waals surface area (Å²) in [5, 5.41) is 0. The van der Waals surface area contributed by atoms with E-state index in [9.17, 15) is 0 Å². The van der Waals surface area contributed by atoms with Crippen LogP contribution in [0.2, 0.25) is 0 Å². The van der Waals surface area contributed by atoms with Gasteiger partial charge in [-0.25, -0.2) is 0 Å². The van der Waals surface area contributed by atoms with E-state index in [-0.39, 0.29) is 0 Å². The maximum atomic E-state index is 3.55. The van der Waals surface area contributed by atoms with Crippen LogP contribution in [-0.4, -0.2) is 6.54 Å². The molecule has 0 aromatic heterocycles. The minimum absolute atomic E-state index is 0.991. The Morgan fingerprint density at radius 3 is 2.44 bits per heavy atom. The van der Waals surface area contributed by atoms with Gasteiger partial charge in [0, 0.05) is 20.8 Å². The van der Waals surface area contributed by atoms with Gasteiger partial charge in [0.25, 0.3) is 0 Å². The molecule has 92 valence electrons. The monoisotopic (exact) mass is 319 g/mol. The first-order valence-corrected chi connectivity index (χ1v) is 7.65. The fourth-order valence-corrected chi connectivity index (χ4v) is 4.05. The predicted octanol–water partition coefficient (Wildman–Crippen LogP) is 5.38. The van der Waals surface area contributed by atoms with Gasteiger partial charge in [0.05, 0.1) is 11.4 Å². The van der Waals surface area contributed by atoms with Crippen molar-refractivity contribution >= 4 is 39.1 Å². The van der Waals surface area contributed by atoms with E-state index in [2.05, 4.69) is 71.1 Å². The van der Waals surface area contributed by atoms with Crippen LogP contribution >= 0.6 is 27.7 Å². The van der Waals surface area contributed by atoms with Gasteiger partial charge in [-0.1, -0.05) is 33.8 Å². The second-order valence-electron chi connectivity index (χ2n) is 4.43. The van der Waals surface area contributed by atoms with Crippen LogP contribution in [-0.2, 0) is 0 Å². The molecule has 1 aliphatic rings. The molecule has 0 bridgehead atoms. The number of rotatable bonds is 1. The van der Waals surface area contributed by atoms with Crippen LogP contribution in [0.3, 0.4) is 0 Å². The second kappa shape index (κ2) is 4.63. The minimum atomic E-state index is 0.991. The topological polar surface area (TPSA) is 3.24 Å². The number of hydrogen-bond acceptors (Lipinski definition) is 2. The highest BCUT2D eigenvalue weighted by Gasteiger charge is 2.22. The third-order valence-corrected chi connectivity index (χ3v) is 4.74. The van der Waals surface area contributed by atoms with Crippen LogP contribution in [0.15, 0.2) is 50.7 Å². The molecule has 0 saturated heterocycles. The summed E-state index contributed by atoms with van der Waals surface area (Å²) in [6.45, 7) is 5.34. The molecule has 1 aliphatic heterocycles. The van der Waals surface area contributed by atoms with E-state index < -0.39 is 0 Å². The zero-order valence-corrected chi connectivity index (χ0v) is 12.8. The van der Waals surface area contributed by atoms with Crippen molar-refractivity contribution in [1.82, 2.24) is 0 Å². The number of fused-ring (bicyclic) bond motifs is 2.